The molecule has 1 amide bonds. The summed E-state index contributed by atoms with van der Waals surface area (Å²) < 4.78 is 5.54. The van der Waals surface area contributed by atoms with Crippen molar-refractivity contribution < 1.29 is 9.53 Å². The van der Waals surface area contributed by atoms with E-state index >= 15 is 0 Å². The first-order chi connectivity index (χ1) is 10.2. The van der Waals surface area contributed by atoms with Crippen molar-refractivity contribution in [2.75, 3.05) is 13.2 Å². The maximum Gasteiger partial charge on any atom is 0.261 e. The molecule has 1 unspecified atom stereocenters. The Morgan fingerprint density at radius 2 is 2.14 bits per heavy atom. The SMILES string of the molecule is O=C(COc1ccc(Cl)cc1)N1CCCC1c1ccc[nH]1. The molecule has 5 heteroatoms. The van der Waals surface area contributed by atoms with E-state index in [2.05, 4.69) is 4.98 Å². The summed E-state index contributed by atoms with van der Waals surface area (Å²) in [6.45, 7) is 0.839. The number of hydrogen-bond acceptors (Lipinski definition) is 2. The number of H-pyrrole nitrogens is 1. The highest BCUT2D eigenvalue weighted by atomic mass is 35.5. The Hall–Kier alpha value is -1.94. The van der Waals surface area contributed by atoms with Gasteiger partial charge in [0.15, 0.2) is 6.61 Å². The molecule has 1 aliphatic heterocycles. The van der Waals surface area contributed by atoms with Crippen molar-refractivity contribution >= 4 is 17.5 Å². The number of benzene rings is 1. The molecule has 3 rings (SSSR count). The van der Waals surface area contributed by atoms with E-state index in [0.717, 1.165) is 25.1 Å². The highest BCUT2D eigenvalue weighted by Crippen LogP contribution is 2.30. The summed E-state index contributed by atoms with van der Waals surface area (Å²) >= 11 is 5.82. The highest BCUT2D eigenvalue weighted by Gasteiger charge is 2.30. The number of amides is 1. The lowest BCUT2D eigenvalue weighted by Crippen LogP contribution is -2.34. The average molecular weight is 305 g/mol. The smallest absolute Gasteiger partial charge is 0.261 e. The van der Waals surface area contributed by atoms with Crippen LogP contribution in [0.1, 0.15) is 24.6 Å². The van der Waals surface area contributed by atoms with E-state index in [1.807, 2.05) is 23.2 Å². The number of halogens is 1. The fourth-order valence-electron chi connectivity index (χ4n) is 2.70. The molecular formula is C16H17ClN2O2. The Morgan fingerprint density at radius 1 is 1.33 bits per heavy atom. The van der Waals surface area contributed by atoms with Gasteiger partial charge in [-0.1, -0.05) is 11.6 Å². The van der Waals surface area contributed by atoms with Gasteiger partial charge in [0.25, 0.3) is 5.91 Å². The predicted molar refractivity (Wildman–Crippen MR) is 81.4 cm³/mol. The highest BCUT2D eigenvalue weighted by molar-refractivity contribution is 6.30. The summed E-state index contributed by atoms with van der Waals surface area (Å²) in [5.74, 6) is 0.672. The fourth-order valence-corrected chi connectivity index (χ4v) is 2.82. The minimum absolute atomic E-state index is 0.0158. The van der Waals surface area contributed by atoms with Crippen LogP contribution in [0.3, 0.4) is 0 Å². The second-order valence-corrected chi connectivity index (χ2v) is 5.55. The molecule has 1 N–H and O–H groups in total. The zero-order valence-electron chi connectivity index (χ0n) is 11.6. The van der Waals surface area contributed by atoms with Crippen LogP contribution in [-0.4, -0.2) is 28.9 Å². The van der Waals surface area contributed by atoms with Gasteiger partial charge >= 0.3 is 0 Å². The summed E-state index contributed by atoms with van der Waals surface area (Å²) in [7, 11) is 0. The van der Waals surface area contributed by atoms with Crippen molar-refractivity contribution in [3.8, 4) is 5.75 Å². The maximum atomic E-state index is 12.4. The Bertz CT molecular complexity index is 595. The zero-order valence-corrected chi connectivity index (χ0v) is 12.3. The van der Waals surface area contributed by atoms with E-state index in [-0.39, 0.29) is 18.6 Å². The minimum Gasteiger partial charge on any atom is -0.484 e. The van der Waals surface area contributed by atoms with E-state index < -0.39 is 0 Å². The van der Waals surface area contributed by atoms with Crippen LogP contribution in [0.2, 0.25) is 5.02 Å². The number of aromatic amines is 1. The molecule has 1 aromatic heterocycles. The van der Waals surface area contributed by atoms with Gasteiger partial charge in [0.05, 0.1) is 6.04 Å². The molecule has 0 aliphatic carbocycles. The summed E-state index contributed by atoms with van der Waals surface area (Å²) in [5.41, 5.74) is 1.09. The van der Waals surface area contributed by atoms with E-state index in [9.17, 15) is 4.79 Å². The first-order valence-corrected chi connectivity index (χ1v) is 7.43. The standard InChI is InChI=1S/C16H17ClN2O2/c17-12-5-7-13(8-6-12)21-11-16(20)19-10-2-4-15(19)14-3-1-9-18-14/h1,3,5-9,15,18H,2,4,10-11H2. The Kier molecular flexibility index (Phi) is 4.15. The average Bonchev–Trinajstić information content (AvgIpc) is 3.16. The van der Waals surface area contributed by atoms with Crippen LogP contribution in [0.4, 0.5) is 0 Å². The Labute approximate surface area is 128 Å². The van der Waals surface area contributed by atoms with Gasteiger partial charge in [-0.05, 0) is 49.2 Å². The number of rotatable bonds is 4. The molecule has 21 heavy (non-hydrogen) atoms. The Balaban J connectivity index is 1.61. The number of likely N-dealkylation sites (tertiary alicyclic amines) is 1. The Morgan fingerprint density at radius 3 is 2.86 bits per heavy atom. The van der Waals surface area contributed by atoms with Crippen LogP contribution in [0.5, 0.6) is 5.75 Å². The molecule has 0 radical (unpaired) electrons. The van der Waals surface area contributed by atoms with Crippen molar-refractivity contribution in [2.45, 2.75) is 18.9 Å². The first-order valence-electron chi connectivity index (χ1n) is 7.05. The summed E-state index contributed by atoms with van der Waals surface area (Å²) in [6.07, 6.45) is 3.91. The summed E-state index contributed by atoms with van der Waals surface area (Å²) in [6, 6.07) is 11.2. The number of nitrogens with zero attached hydrogens (tertiary/aromatic N) is 1. The van der Waals surface area contributed by atoms with E-state index in [1.165, 1.54) is 0 Å². The lowest BCUT2D eigenvalue weighted by atomic mass is 10.1. The van der Waals surface area contributed by atoms with Gasteiger partial charge in [-0.3, -0.25) is 4.79 Å². The number of carbonyl (C=O) groups is 1. The normalized spacial score (nSPS) is 18.0. The molecule has 1 fully saturated rings. The van der Waals surface area contributed by atoms with Gasteiger partial charge in [-0.2, -0.15) is 0 Å². The van der Waals surface area contributed by atoms with Crippen LogP contribution in [0, 0.1) is 0 Å². The lowest BCUT2D eigenvalue weighted by molar-refractivity contribution is -0.134. The number of nitrogens with one attached hydrogen (secondary N) is 1. The monoisotopic (exact) mass is 304 g/mol. The number of carbonyl (C=O) groups excluding carboxylic acids is 1. The largest absolute Gasteiger partial charge is 0.484 e. The topological polar surface area (TPSA) is 45.3 Å². The first kappa shape index (κ1) is 14.0. The summed E-state index contributed by atoms with van der Waals surface area (Å²) in [5, 5.41) is 0.653. The quantitative estimate of drug-likeness (QED) is 0.941. The summed E-state index contributed by atoms with van der Waals surface area (Å²) in [4.78, 5) is 17.4. The van der Waals surface area contributed by atoms with E-state index in [4.69, 9.17) is 16.3 Å². The molecular weight excluding hydrogens is 288 g/mol. The molecule has 4 nitrogen and oxygen atoms in total. The molecule has 2 aromatic rings. The predicted octanol–water partition coefficient (Wildman–Crippen LogP) is 3.41. The lowest BCUT2D eigenvalue weighted by Gasteiger charge is -2.24. The third-order valence-corrected chi connectivity index (χ3v) is 3.98. The third-order valence-electron chi connectivity index (χ3n) is 3.73. The van der Waals surface area contributed by atoms with Crippen molar-refractivity contribution in [1.29, 1.82) is 0 Å². The molecule has 110 valence electrons. The van der Waals surface area contributed by atoms with Crippen molar-refractivity contribution in [2.24, 2.45) is 0 Å². The van der Waals surface area contributed by atoms with Crippen molar-refractivity contribution in [3.05, 3.63) is 53.3 Å². The van der Waals surface area contributed by atoms with Gasteiger partial charge in [0.2, 0.25) is 0 Å². The third kappa shape index (κ3) is 3.22. The van der Waals surface area contributed by atoms with Gasteiger partial charge in [-0.25, -0.2) is 0 Å². The van der Waals surface area contributed by atoms with Gasteiger partial charge in [-0.15, -0.1) is 0 Å². The second kappa shape index (κ2) is 6.22. The van der Waals surface area contributed by atoms with Crippen LogP contribution in [-0.2, 0) is 4.79 Å². The molecule has 1 aromatic carbocycles. The van der Waals surface area contributed by atoms with Crippen LogP contribution >= 0.6 is 11.6 Å². The van der Waals surface area contributed by atoms with E-state index in [1.54, 1.807) is 24.3 Å². The van der Waals surface area contributed by atoms with Gasteiger partial charge in [0.1, 0.15) is 5.75 Å². The molecule has 1 saturated heterocycles. The number of aromatic nitrogens is 1. The molecule has 0 saturated carbocycles. The van der Waals surface area contributed by atoms with Crippen LogP contribution in [0.15, 0.2) is 42.6 Å². The van der Waals surface area contributed by atoms with Crippen LogP contribution in [0.25, 0.3) is 0 Å². The number of ether oxygens (including phenoxy) is 1. The molecule has 1 atom stereocenters. The molecule has 1 aliphatic rings. The minimum atomic E-state index is 0.0158. The fraction of sp³-hybridized carbons (Fsp3) is 0.312. The van der Waals surface area contributed by atoms with Crippen molar-refractivity contribution in [1.82, 2.24) is 9.88 Å². The van der Waals surface area contributed by atoms with Crippen molar-refractivity contribution in [3.63, 3.8) is 0 Å². The molecule has 0 spiro atoms. The molecule has 0 bridgehead atoms. The zero-order chi connectivity index (χ0) is 14.7. The number of hydrogen-bond donors (Lipinski definition) is 1. The van der Waals surface area contributed by atoms with Gasteiger partial charge in [0, 0.05) is 23.5 Å². The van der Waals surface area contributed by atoms with Gasteiger partial charge < -0.3 is 14.6 Å². The van der Waals surface area contributed by atoms with E-state index in [0.29, 0.717) is 10.8 Å². The second-order valence-electron chi connectivity index (χ2n) is 5.11. The maximum absolute atomic E-state index is 12.4. The molecule has 2 heterocycles. The van der Waals surface area contributed by atoms with Crippen LogP contribution < -0.4 is 4.74 Å².